The molecule has 24 heavy (non-hydrogen) atoms. The van der Waals surface area contributed by atoms with Gasteiger partial charge in [-0.2, -0.15) is 0 Å². The third-order valence-electron chi connectivity index (χ3n) is 4.17. The third kappa shape index (κ3) is 12.0. The van der Waals surface area contributed by atoms with Crippen molar-refractivity contribution in [1.29, 1.82) is 0 Å². The molecule has 3 heteroatoms. The Morgan fingerprint density at radius 3 is 2.08 bits per heavy atom. The minimum atomic E-state index is -0.297. The Labute approximate surface area is 147 Å². The van der Waals surface area contributed by atoms with Gasteiger partial charge in [-0.1, -0.05) is 77.6 Å². The summed E-state index contributed by atoms with van der Waals surface area (Å²) in [6.07, 6.45) is 20.3. The smallest absolute Gasteiger partial charge is 0.330 e. The summed E-state index contributed by atoms with van der Waals surface area (Å²) in [7, 11) is 0. The van der Waals surface area contributed by atoms with E-state index in [1.807, 2.05) is 0 Å². The Morgan fingerprint density at radius 1 is 0.958 bits per heavy atom. The lowest BCUT2D eigenvalue weighted by atomic mass is 10.1. The summed E-state index contributed by atoms with van der Waals surface area (Å²) >= 11 is 0. The monoisotopic (exact) mass is 334 g/mol. The first-order chi connectivity index (χ1) is 11.8. The number of hydrogen-bond donors (Lipinski definition) is 0. The molecule has 1 aromatic heterocycles. The third-order valence-corrected chi connectivity index (χ3v) is 4.17. The van der Waals surface area contributed by atoms with E-state index < -0.39 is 0 Å². The van der Waals surface area contributed by atoms with Gasteiger partial charge in [-0.15, -0.1) is 0 Å². The van der Waals surface area contributed by atoms with E-state index in [-0.39, 0.29) is 5.97 Å². The summed E-state index contributed by atoms with van der Waals surface area (Å²) in [6.45, 7) is 2.78. The topological polar surface area (TPSA) is 39.4 Å². The average Bonchev–Trinajstić information content (AvgIpc) is 3.10. The lowest BCUT2D eigenvalue weighted by Gasteiger charge is -2.03. The molecule has 0 spiro atoms. The molecule has 0 bridgehead atoms. The van der Waals surface area contributed by atoms with Crippen molar-refractivity contribution >= 4 is 12.0 Å². The van der Waals surface area contributed by atoms with Crippen LogP contribution < -0.4 is 0 Å². The predicted octanol–water partition coefficient (Wildman–Crippen LogP) is 6.54. The zero-order valence-corrected chi connectivity index (χ0v) is 15.3. The molecule has 0 unspecified atom stereocenters. The quantitative estimate of drug-likeness (QED) is 0.208. The summed E-state index contributed by atoms with van der Waals surface area (Å²) in [5.41, 5.74) is 0. The normalized spacial score (nSPS) is 11.2. The van der Waals surface area contributed by atoms with Gasteiger partial charge in [0.05, 0.1) is 12.9 Å². The van der Waals surface area contributed by atoms with Crippen LogP contribution in [0.3, 0.4) is 0 Å². The molecule has 0 saturated heterocycles. The van der Waals surface area contributed by atoms with Gasteiger partial charge < -0.3 is 9.15 Å². The number of hydrogen-bond acceptors (Lipinski definition) is 3. The molecule has 3 nitrogen and oxygen atoms in total. The highest BCUT2D eigenvalue weighted by molar-refractivity contribution is 5.86. The van der Waals surface area contributed by atoms with Crippen molar-refractivity contribution in [3.8, 4) is 0 Å². The lowest BCUT2D eigenvalue weighted by molar-refractivity contribution is -0.137. The van der Waals surface area contributed by atoms with Crippen molar-refractivity contribution in [3.63, 3.8) is 0 Å². The van der Waals surface area contributed by atoms with Crippen molar-refractivity contribution in [2.24, 2.45) is 0 Å². The van der Waals surface area contributed by atoms with E-state index in [4.69, 9.17) is 9.15 Å². The van der Waals surface area contributed by atoms with Crippen LogP contribution in [-0.2, 0) is 9.53 Å². The standard InChI is InChI=1S/C21H34O3/c1-2-3-4-5-6-7-8-9-10-11-12-13-18-24-21(22)17-16-20-15-14-19-23-20/h14-17,19H,2-13,18H2,1H3. The van der Waals surface area contributed by atoms with Crippen LogP contribution in [0.15, 0.2) is 28.9 Å². The average molecular weight is 334 g/mol. The molecule has 0 aliphatic carbocycles. The lowest BCUT2D eigenvalue weighted by Crippen LogP contribution is -2.02. The molecule has 1 aromatic rings. The second kappa shape index (κ2) is 15.0. The molecule has 0 saturated carbocycles. The maximum atomic E-state index is 11.5. The number of rotatable bonds is 15. The summed E-state index contributed by atoms with van der Waals surface area (Å²) < 4.78 is 10.3. The highest BCUT2D eigenvalue weighted by atomic mass is 16.5. The molecular formula is C21H34O3. The molecule has 0 aromatic carbocycles. The summed E-state index contributed by atoms with van der Waals surface area (Å²) in [4.78, 5) is 11.5. The van der Waals surface area contributed by atoms with Crippen molar-refractivity contribution in [1.82, 2.24) is 0 Å². The van der Waals surface area contributed by atoms with Crippen molar-refractivity contribution in [2.45, 2.75) is 84.0 Å². The Hall–Kier alpha value is -1.51. The van der Waals surface area contributed by atoms with Crippen LogP contribution in [0.25, 0.3) is 6.08 Å². The van der Waals surface area contributed by atoms with E-state index in [0.717, 1.165) is 12.8 Å². The first-order valence-electron chi connectivity index (χ1n) is 9.71. The molecule has 0 atom stereocenters. The van der Waals surface area contributed by atoms with Crippen LogP contribution in [0.4, 0.5) is 0 Å². The second-order valence-corrected chi connectivity index (χ2v) is 6.41. The molecule has 1 heterocycles. The van der Waals surface area contributed by atoms with E-state index in [2.05, 4.69) is 6.92 Å². The van der Waals surface area contributed by atoms with Crippen LogP contribution in [0.5, 0.6) is 0 Å². The van der Waals surface area contributed by atoms with Crippen molar-refractivity contribution in [2.75, 3.05) is 6.61 Å². The van der Waals surface area contributed by atoms with Crippen LogP contribution >= 0.6 is 0 Å². The minimum Gasteiger partial charge on any atom is -0.465 e. The molecule has 0 radical (unpaired) electrons. The van der Waals surface area contributed by atoms with Crippen LogP contribution in [0.1, 0.15) is 89.7 Å². The van der Waals surface area contributed by atoms with Crippen LogP contribution in [0, 0.1) is 0 Å². The minimum absolute atomic E-state index is 0.297. The fraction of sp³-hybridized carbons (Fsp3) is 0.667. The highest BCUT2D eigenvalue weighted by Crippen LogP contribution is 2.12. The number of ether oxygens (including phenoxy) is 1. The van der Waals surface area contributed by atoms with Gasteiger partial charge in [0.15, 0.2) is 0 Å². The van der Waals surface area contributed by atoms with Gasteiger partial charge in [0.1, 0.15) is 5.76 Å². The van der Waals surface area contributed by atoms with Gasteiger partial charge in [-0.3, -0.25) is 0 Å². The Kier molecular flexibility index (Phi) is 12.9. The maximum absolute atomic E-state index is 11.5. The SMILES string of the molecule is CCCCCCCCCCCCCCOC(=O)C=Cc1ccco1. The van der Waals surface area contributed by atoms with E-state index in [0.29, 0.717) is 12.4 Å². The molecule has 1 rings (SSSR count). The number of carbonyl (C=O) groups is 1. The summed E-state index contributed by atoms with van der Waals surface area (Å²) in [6, 6.07) is 3.59. The maximum Gasteiger partial charge on any atom is 0.330 e. The van der Waals surface area contributed by atoms with Gasteiger partial charge in [0.2, 0.25) is 0 Å². The summed E-state index contributed by atoms with van der Waals surface area (Å²) in [5.74, 6) is 0.367. The highest BCUT2D eigenvalue weighted by Gasteiger charge is 1.98. The fourth-order valence-corrected chi connectivity index (χ4v) is 2.70. The van der Waals surface area contributed by atoms with Gasteiger partial charge in [-0.25, -0.2) is 4.79 Å². The van der Waals surface area contributed by atoms with Crippen molar-refractivity contribution in [3.05, 3.63) is 30.2 Å². The molecule has 0 amide bonds. The Morgan fingerprint density at radius 2 is 1.54 bits per heavy atom. The molecule has 0 aliphatic rings. The Bertz CT molecular complexity index is 420. The van der Waals surface area contributed by atoms with E-state index in [9.17, 15) is 4.79 Å². The largest absolute Gasteiger partial charge is 0.465 e. The zero-order chi connectivity index (χ0) is 17.3. The zero-order valence-electron chi connectivity index (χ0n) is 15.3. The van der Waals surface area contributed by atoms with Crippen LogP contribution in [0.2, 0.25) is 0 Å². The van der Waals surface area contributed by atoms with Gasteiger partial charge in [0.25, 0.3) is 0 Å². The van der Waals surface area contributed by atoms with Gasteiger partial charge >= 0.3 is 5.97 Å². The number of carbonyl (C=O) groups excluding carboxylic acids is 1. The molecule has 136 valence electrons. The molecular weight excluding hydrogens is 300 g/mol. The van der Waals surface area contributed by atoms with Crippen LogP contribution in [-0.4, -0.2) is 12.6 Å². The summed E-state index contributed by atoms with van der Waals surface area (Å²) in [5, 5.41) is 0. The number of furan rings is 1. The predicted molar refractivity (Wildman–Crippen MR) is 99.8 cm³/mol. The Balaban J connectivity index is 1.81. The second-order valence-electron chi connectivity index (χ2n) is 6.41. The van der Waals surface area contributed by atoms with E-state index in [1.54, 1.807) is 24.5 Å². The number of unbranched alkanes of at least 4 members (excludes halogenated alkanes) is 11. The molecule has 0 aliphatic heterocycles. The van der Waals surface area contributed by atoms with Crippen molar-refractivity contribution < 1.29 is 13.9 Å². The van der Waals surface area contributed by atoms with E-state index >= 15 is 0 Å². The fourth-order valence-electron chi connectivity index (χ4n) is 2.70. The molecule has 0 N–H and O–H groups in total. The van der Waals surface area contributed by atoms with Gasteiger partial charge in [0, 0.05) is 6.08 Å². The van der Waals surface area contributed by atoms with E-state index in [1.165, 1.54) is 70.3 Å². The van der Waals surface area contributed by atoms with Gasteiger partial charge in [-0.05, 0) is 24.6 Å². The first-order valence-corrected chi connectivity index (χ1v) is 9.71. The number of esters is 1. The first kappa shape index (κ1) is 20.5. The molecule has 0 fully saturated rings.